The fraction of sp³-hybridized carbons (Fsp3) is 0.822. The van der Waals surface area contributed by atoms with E-state index in [1.54, 1.807) is 6.92 Å². The highest BCUT2D eigenvalue weighted by atomic mass is 128. The van der Waals surface area contributed by atoms with Gasteiger partial charge in [-0.3, -0.25) is 0 Å². The Kier molecular flexibility index (Phi) is 16.1. The lowest BCUT2D eigenvalue weighted by atomic mass is 9.58. The van der Waals surface area contributed by atoms with Crippen molar-refractivity contribution in [3.63, 3.8) is 0 Å². The van der Waals surface area contributed by atoms with E-state index in [1.807, 2.05) is 0 Å². The van der Waals surface area contributed by atoms with Crippen molar-refractivity contribution in [1.29, 1.82) is 0 Å². The molecule has 7 unspecified atom stereocenters. The van der Waals surface area contributed by atoms with Crippen LogP contribution < -0.4 is 0 Å². The van der Waals surface area contributed by atoms with Gasteiger partial charge in [0.25, 0.3) is 0 Å². The van der Waals surface area contributed by atoms with Gasteiger partial charge in [-0.15, -0.1) is 19.3 Å². The summed E-state index contributed by atoms with van der Waals surface area (Å²) in [5.41, 5.74) is 2.36. The van der Waals surface area contributed by atoms with Gasteiger partial charge in [-0.25, -0.2) is 0 Å². The first-order valence-electron chi connectivity index (χ1n) is 19.3. The van der Waals surface area contributed by atoms with Crippen LogP contribution in [0.2, 0.25) is 0 Å². The predicted molar refractivity (Wildman–Crippen MR) is 231 cm³/mol. The smallest absolute Gasteiger partial charge is 0.126 e. The molecule has 5 aliphatic rings. The molecular formula is C45H72I2O3. The van der Waals surface area contributed by atoms with Crippen molar-refractivity contribution in [3.05, 3.63) is 11.1 Å². The summed E-state index contributed by atoms with van der Waals surface area (Å²) in [5, 5.41) is 9.85. The lowest BCUT2D eigenvalue weighted by Crippen LogP contribution is -2.56. The van der Waals surface area contributed by atoms with Crippen molar-refractivity contribution in [3.8, 4) is 37.0 Å². The summed E-state index contributed by atoms with van der Waals surface area (Å²) in [4.78, 5) is 0. The van der Waals surface area contributed by atoms with Gasteiger partial charge in [-0.05, 0) is 146 Å². The fourth-order valence-corrected chi connectivity index (χ4v) is 10.5. The molecule has 2 saturated carbocycles. The molecule has 0 bridgehead atoms. The number of allylic oxidation sites excluding steroid dienone is 2. The first-order valence-corrected chi connectivity index (χ1v) is 25.6. The summed E-state index contributed by atoms with van der Waals surface area (Å²) in [6.07, 6.45) is 33.8. The van der Waals surface area contributed by atoms with Crippen molar-refractivity contribution in [2.75, 3.05) is 0 Å². The summed E-state index contributed by atoms with van der Waals surface area (Å²) in [5.74, 6) is 9.44. The number of aliphatic hydroxyl groups is 1. The second kappa shape index (κ2) is 17.5. The Balaban J connectivity index is 0.000000254. The molecule has 5 heteroatoms. The molecule has 3 aliphatic carbocycles. The third kappa shape index (κ3) is 10.7. The van der Waals surface area contributed by atoms with E-state index in [0.29, 0.717) is 23.7 Å². The number of hydrogen-bond donors (Lipinski definition) is 1. The molecule has 0 aromatic rings. The fourth-order valence-electron chi connectivity index (χ4n) is 10.5. The minimum Gasteiger partial charge on any atom is -0.378 e. The average molecular weight is 915 g/mol. The van der Waals surface area contributed by atoms with Crippen LogP contribution in [-0.4, -0.2) is 33.1 Å². The minimum absolute atomic E-state index is 0.00111. The van der Waals surface area contributed by atoms with Crippen molar-refractivity contribution >= 4 is 37.2 Å². The molecule has 2 saturated heterocycles. The molecule has 3 nitrogen and oxygen atoms in total. The SMILES string of the molecule is C#CC(C)(O)CCC1=C(C)CCCC1(C)C.C#CC1(C)CCC2(O1)C(C)CCCC2(C)C.C#CC1(C)CCC2C(C)(C)CCCC2(C)O1.II. The zero-order valence-corrected chi connectivity index (χ0v) is 38.3. The van der Waals surface area contributed by atoms with Crippen LogP contribution in [0.5, 0.6) is 0 Å². The van der Waals surface area contributed by atoms with Crippen molar-refractivity contribution in [2.45, 2.75) is 207 Å². The van der Waals surface area contributed by atoms with Crippen LogP contribution in [-0.2, 0) is 9.47 Å². The van der Waals surface area contributed by atoms with Gasteiger partial charge in [0.15, 0.2) is 0 Å². The third-order valence-corrected chi connectivity index (χ3v) is 13.8. The van der Waals surface area contributed by atoms with Crippen molar-refractivity contribution in [1.82, 2.24) is 0 Å². The number of rotatable bonds is 3. The first kappa shape index (κ1) is 45.9. The molecule has 5 rings (SSSR count). The number of terminal acetylenes is 3. The normalized spacial score (nSPS) is 37.7. The zero-order chi connectivity index (χ0) is 38.5. The summed E-state index contributed by atoms with van der Waals surface area (Å²) >= 11 is 4.24. The van der Waals surface area contributed by atoms with E-state index in [0.717, 1.165) is 25.7 Å². The van der Waals surface area contributed by atoms with E-state index in [4.69, 9.17) is 28.7 Å². The number of hydrogen-bond acceptors (Lipinski definition) is 3. The molecule has 0 radical (unpaired) electrons. The summed E-state index contributed by atoms with van der Waals surface area (Å²) in [7, 11) is 0. The Labute approximate surface area is 333 Å². The van der Waals surface area contributed by atoms with Gasteiger partial charge in [0.2, 0.25) is 0 Å². The van der Waals surface area contributed by atoms with Crippen LogP contribution >= 0.6 is 37.2 Å². The molecule has 1 N–H and O–H groups in total. The predicted octanol–water partition coefficient (Wildman–Crippen LogP) is 13.0. The third-order valence-electron chi connectivity index (χ3n) is 13.8. The molecule has 0 aromatic carbocycles. The van der Waals surface area contributed by atoms with E-state index in [1.165, 1.54) is 75.4 Å². The molecule has 284 valence electrons. The Morgan fingerprint density at radius 3 is 1.90 bits per heavy atom. The Hall–Kier alpha value is -0.240. The highest BCUT2D eigenvalue weighted by Crippen LogP contribution is 2.58. The van der Waals surface area contributed by atoms with Crippen LogP contribution in [0.3, 0.4) is 0 Å². The highest BCUT2D eigenvalue weighted by molar-refractivity contribution is 15.0. The Morgan fingerprint density at radius 1 is 0.780 bits per heavy atom. The molecule has 4 fully saturated rings. The van der Waals surface area contributed by atoms with Gasteiger partial charge in [-0.2, -0.15) is 0 Å². The molecule has 2 heterocycles. The van der Waals surface area contributed by atoms with Gasteiger partial charge in [0.05, 0.1) is 11.2 Å². The number of halogens is 2. The lowest BCUT2D eigenvalue weighted by molar-refractivity contribution is -0.218. The minimum atomic E-state index is -0.958. The molecule has 1 spiro atoms. The molecule has 2 aliphatic heterocycles. The highest BCUT2D eigenvalue weighted by Gasteiger charge is 2.58. The first-order chi connectivity index (χ1) is 23.0. The van der Waals surface area contributed by atoms with Gasteiger partial charge in [0, 0.05) is 37.2 Å². The maximum absolute atomic E-state index is 9.85. The second-order valence-corrected chi connectivity index (χ2v) is 19.2. The standard InChI is InChI=1S/3C15H24O.I2/c1-6-14(4)11-8-12-13(2,3)9-7-10-15(12,5)16-14;1-6-14(5)10-11-15(16-14)12(2)8-7-9-13(15,3)4;1-6-15(5,16)11-9-13-12(2)8-7-10-14(13,3)4;1-2/h2*1,12H,7-11H2,2-5H3;1,16H,7-11H2,2-5H3;. The summed E-state index contributed by atoms with van der Waals surface area (Å²) in [6.45, 7) is 26.8. The topological polar surface area (TPSA) is 38.7 Å². The maximum Gasteiger partial charge on any atom is 0.126 e. The van der Waals surface area contributed by atoms with Crippen LogP contribution in [0, 0.1) is 65.1 Å². The zero-order valence-electron chi connectivity index (χ0n) is 34.0. The summed E-state index contributed by atoms with van der Waals surface area (Å²) < 4.78 is 12.7. The lowest BCUT2D eigenvalue weighted by Gasteiger charge is -2.56. The van der Waals surface area contributed by atoms with Crippen LogP contribution in [0.1, 0.15) is 179 Å². The van der Waals surface area contributed by atoms with Crippen LogP contribution in [0.15, 0.2) is 11.1 Å². The van der Waals surface area contributed by atoms with Crippen molar-refractivity contribution in [2.24, 2.45) is 28.1 Å². The molecule has 50 heavy (non-hydrogen) atoms. The number of ether oxygens (including phenoxy) is 2. The summed E-state index contributed by atoms with van der Waals surface area (Å²) in [6, 6.07) is 0. The van der Waals surface area contributed by atoms with E-state index in [-0.39, 0.29) is 33.2 Å². The molecule has 0 aromatic heterocycles. The maximum atomic E-state index is 9.85. The quantitative estimate of drug-likeness (QED) is 0.174. The van der Waals surface area contributed by atoms with Gasteiger partial charge < -0.3 is 14.6 Å². The van der Waals surface area contributed by atoms with E-state index >= 15 is 0 Å². The molecule has 7 atom stereocenters. The van der Waals surface area contributed by atoms with Gasteiger partial charge in [-0.1, -0.05) is 90.2 Å². The van der Waals surface area contributed by atoms with E-state index < -0.39 is 5.60 Å². The van der Waals surface area contributed by atoms with E-state index in [9.17, 15) is 5.11 Å². The van der Waals surface area contributed by atoms with Crippen LogP contribution in [0.25, 0.3) is 0 Å². The Bertz CT molecular complexity index is 1300. The van der Waals surface area contributed by atoms with Gasteiger partial charge in [0.1, 0.15) is 16.8 Å². The van der Waals surface area contributed by atoms with E-state index in [2.05, 4.69) is 131 Å². The van der Waals surface area contributed by atoms with Crippen molar-refractivity contribution < 1.29 is 14.6 Å². The monoisotopic (exact) mass is 914 g/mol. The van der Waals surface area contributed by atoms with Gasteiger partial charge >= 0.3 is 0 Å². The van der Waals surface area contributed by atoms with Crippen LogP contribution in [0.4, 0.5) is 0 Å². The number of fused-ring (bicyclic) bond motifs is 1. The second-order valence-electron chi connectivity index (χ2n) is 19.2. The largest absolute Gasteiger partial charge is 0.378 e. The molecule has 0 amide bonds. The average Bonchev–Trinajstić information content (AvgIpc) is 3.40. The molecular weight excluding hydrogens is 842 g/mol. The Morgan fingerprint density at radius 2 is 1.38 bits per heavy atom.